The average Bonchev–Trinajstić information content (AvgIpc) is 2.56. The van der Waals surface area contributed by atoms with Gasteiger partial charge in [0.05, 0.1) is 5.92 Å². The van der Waals surface area contributed by atoms with Gasteiger partial charge in [-0.15, -0.1) is 0 Å². The van der Waals surface area contributed by atoms with Crippen molar-refractivity contribution < 1.29 is 13.9 Å². The Bertz CT molecular complexity index is 810. The number of ether oxygens (including phenoxy) is 1. The van der Waals surface area contributed by atoms with E-state index in [0.717, 1.165) is 36.6 Å². The highest BCUT2D eigenvalue weighted by molar-refractivity contribution is 5.86. The SMILES string of the molecule is Cc1c(C)c2ccc(OC(=O)C3CCCCC3)c(C)c2oc1=O. The average molecular weight is 314 g/mol. The van der Waals surface area contributed by atoms with Crippen LogP contribution in [-0.2, 0) is 4.79 Å². The van der Waals surface area contributed by atoms with Crippen LogP contribution in [0, 0.1) is 26.7 Å². The summed E-state index contributed by atoms with van der Waals surface area (Å²) >= 11 is 0. The summed E-state index contributed by atoms with van der Waals surface area (Å²) in [6.45, 7) is 5.48. The van der Waals surface area contributed by atoms with Crippen molar-refractivity contribution in [2.45, 2.75) is 52.9 Å². The molecule has 0 unspecified atom stereocenters. The highest BCUT2D eigenvalue weighted by Gasteiger charge is 2.24. The van der Waals surface area contributed by atoms with Crippen molar-refractivity contribution in [1.29, 1.82) is 0 Å². The number of hydrogen-bond acceptors (Lipinski definition) is 4. The Balaban J connectivity index is 1.96. The molecule has 1 aromatic heterocycles. The third-order valence-electron chi connectivity index (χ3n) is 4.97. The van der Waals surface area contributed by atoms with Crippen molar-refractivity contribution in [1.82, 2.24) is 0 Å². The van der Waals surface area contributed by atoms with Gasteiger partial charge < -0.3 is 9.15 Å². The van der Waals surface area contributed by atoms with Crippen molar-refractivity contribution in [3.63, 3.8) is 0 Å². The normalized spacial score (nSPS) is 15.8. The molecule has 1 fully saturated rings. The lowest BCUT2D eigenvalue weighted by Gasteiger charge is -2.20. The molecule has 4 heteroatoms. The van der Waals surface area contributed by atoms with Crippen LogP contribution in [0.2, 0.25) is 0 Å². The van der Waals surface area contributed by atoms with Crippen molar-refractivity contribution >= 4 is 16.9 Å². The maximum absolute atomic E-state index is 12.3. The van der Waals surface area contributed by atoms with Gasteiger partial charge in [0.1, 0.15) is 11.3 Å². The first-order chi connectivity index (χ1) is 11.0. The van der Waals surface area contributed by atoms with Crippen LogP contribution in [0.5, 0.6) is 5.75 Å². The lowest BCUT2D eigenvalue weighted by Crippen LogP contribution is -2.23. The summed E-state index contributed by atoms with van der Waals surface area (Å²) in [5.41, 5.74) is 2.39. The number of benzene rings is 1. The molecule has 1 saturated carbocycles. The zero-order valence-corrected chi connectivity index (χ0v) is 13.9. The monoisotopic (exact) mass is 314 g/mol. The Morgan fingerprint density at radius 1 is 1.04 bits per heavy atom. The lowest BCUT2D eigenvalue weighted by molar-refractivity contribution is -0.140. The molecule has 0 radical (unpaired) electrons. The quantitative estimate of drug-likeness (QED) is 0.473. The number of esters is 1. The Kier molecular flexibility index (Phi) is 4.24. The highest BCUT2D eigenvalue weighted by atomic mass is 16.5. The fourth-order valence-corrected chi connectivity index (χ4v) is 3.27. The van der Waals surface area contributed by atoms with Crippen LogP contribution < -0.4 is 10.4 Å². The largest absolute Gasteiger partial charge is 0.426 e. The molecule has 1 aliphatic carbocycles. The molecule has 0 N–H and O–H groups in total. The summed E-state index contributed by atoms with van der Waals surface area (Å²) in [6.07, 6.45) is 5.17. The summed E-state index contributed by atoms with van der Waals surface area (Å²) in [4.78, 5) is 24.2. The first-order valence-corrected chi connectivity index (χ1v) is 8.24. The predicted octanol–water partition coefficient (Wildman–Crippen LogP) is 4.20. The topological polar surface area (TPSA) is 56.5 Å². The van der Waals surface area contributed by atoms with Crippen molar-refractivity contribution in [3.8, 4) is 5.75 Å². The summed E-state index contributed by atoms with van der Waals surface area (Å²) < 4.78 is 11.0. The molecule has 2 aromatic rings. The number of fused-ring (bicyclic) bond motifs is 1. The molecular weight excluding hydrogens is 292 g/mol. The van der Waals surface area contributed by atoms with Crippen LogP contribution >= 0.6 is 0 Å². The Labute approximate surface area is 135 Å². The van der Waals surface area contributed by atoms with Crippen LogP contribution in [0.3, 0.4) is 0 Å². The van der Waals surface area contributed by atoms with E-state index in [-0.39, 0.29) is 17.5 Å². The second-order valence-corrected chi connectivity index (χ2v) is 6.46. The van der Waals surface area contributed by atoms with Gasteiger partial charge in [-0.3, -0.25) is 4.79 Å². The Morgan fingerprint density at radius 2 is 1.74 bits per heavy atom. The molecule has 0 bridgehead atoms. The van der Waals surface area contributed by atoms with E-state index >= 15 is 0 Å². The van der Waals surface area contributed by atoms with E-state index in [1.54, 1.807) is 13.0 Å². The van der Waals surface area contributed by atoms with Gasteiger partial charge in [0.2, 0.25) is 0 Å². The van der Waals surface area contributed by atoms with Gasteiger partial charge in [-0.1, -0.05) is 19.3 Å². The predicted molar refractivity (Wildman–Crippen MR) is 88.9 cm³/mol. The van der Waals surface area contributed by atoms with E-state index in [2.05, 4.69) is 0 Å². The third-order valence-corrected chi connectivity index (χ3v) is 4.97. The van der Waals surface area contributed by atoms with Crippen molar-refractivity contribution in [2.24, 2.45) is 5.92 Å². The number of hydrogen-bond donors (Lipinski definition) is 0. The molecule has 4 nitrogen and oxygen atoms in total. The van der Waals surface area contributed by atoms with Gasteiger partial charge in [0.25, 0.3) is 0 Å². The number of rotatable bonds is 2. The van der Waals surface area contributed by atoms with Crippen LogP contribution in [0.25, 0.3) is 11.0 Å². The highest BCUT2D eigenvalue weighted by Crippen LogP contribution is 2.31. The minimum absolute atomic E-state index is 0.00870. The van der Waals surface area contributed by atoms with Crippen LogP contribution in [0.15, 0.2) is 21.3 Å². The van der Waals surface area contributed by atoms with E-state index in [1.807, 2.05) is 19.9 Å². The number of carbonyl (C=O) groups is 1. The first-order valence-electron chi connectivity index (χ1n) is 8.24. The maximum Gasteiger partial charge on any atom is 0.339 e. The molecule has 122 valence electrons. The van der Waals surface area contributed by atoms with Crippen molar-refractivity contribution in [2.75, 3.05) is 0 Å². The van der Waals surface area contributed by atoms with Gasteiger partial charge in [-0.2, -0.15) is 0 Å². The molecule has 23 heavy (non-hydrogen) atoms. The first kappa shape index (κ1) is 15.8. The molecule has 1 aromatic carbocycles. The fraction of sp³-hybridized carbons (Fsp3) is 0.474. The molecule has 0 amide bonds. The molecule has 0 aliphatic heterocycles. The number of aryl methyl sites for hydroxylation is 2. The van der Waals surface area contributed by atoms with Crippen LogP contribution in [0.4, 0.5) is 0 Å². The molecule has 0 saturated heterocycles. The van der Waals surface area contributed by atoms with E-state index in [0.29, 0.717) is 22.5 Å². The second kappa shape index (κ2) is 6.19. The zero-order chi connectivity index (χ0) is 16.6. The van der Waals surface area contributed by atoms with Gasteiger partial charge in [0.15, 0.2) is 0 Å². The minimum Gasteiger partial charge on any atom is -0.426 e. The van der Waals surface area contributed by atoms with E-state index < -0.39 is 0 Å². The van der Waals surface area contributed by atoms with Crippen molar-refractivity contribution in [3.05, 3.63) is 39.2 Å². The summed E-state index contributed by atoms with van der Waals surface area (Å²) in [5, 5.41) is 0.886. The van der Waals surface area contributed by atoms with Gasteiger partial charge in [-0.05, 0) is 51.3 Å². The van der Waals surface area contributed by atoms with E-state index in [4.69, 9.17) is 9.15 Å². The molecule has 1 aliphatic rings. The zero-order valence-electron chi connectivity index (χ0n) is 13.9. The van der Waals surface area contributed by atoms with Gasteiger partial charge in [-0.25, -0.2) is 4.79 Å². The maximum atomic E-state index is 12.3. The van der Waals surface area contributed by atoms with Crippen LogP contribution in [-0.4, -0.2) is 5.97 Å². The summed E-state index contributed by atoms with van der Waals surface area (Å²) in [6, 6.07) is 3.65. The van der Waals surface area contributed by atoms with Crippen LogP contribution in [0.1, 0.15) is 48.8 Å². The van der Waals surface area contributed by atoms with E-state index in [9.17, 15) is 9.59 Å². The lowest BCUT2D eigenvalue weighted by atomic mass is 9.89. The minimum atomic E-state index is -0.339. The smallest absolute Gasteiger partial charge is 0.339 e. The number of carbonyl (C=O) groups excluding carboxylic acids is 1. The Morgan fingerprint density at radius 3 is 2.43 bits per heavy atom. The van der Waals surface area contributed by atoms with Gasteiger partial charge >= 0.3 is 11.6 Å². The molecule has 1 heterocycles. The molecular formula is C19H22O4. The summed E-state index contributed by atoms with van der Waals surface area (Å²) in [7, 11) is 0. The van der Waals surface area contributed by atoms with Gasteiger partial charge in [0, 0.05) is 16.5 Å². The second-order valence-electron chi connectivity index (χ2n) is 6.46. The molecule has 0 spiro atoms. The summed E-state index contributed by atoms with van der Waals surface area (Å²) in [5.74, 6) is 0.309. The van der Waals surface area contributed by atoms with E-state index in [1.165, 1.54) is 6.42 Å². The molecule has 0 atom stereocenters. The Hall–Kier alpha value is -2.10. The molecule has 3 rings (SSSR count). The fourth-order valence-electron chi connectivity index (χ4n) is 3.27. The third kappa shape index (κ3) is 2.90. The standard InChI is InChI=1S/C19H22O4/c1-11-12(2)18(20)23-17-13(3)16(10-9-15(11)17)22-19(21)14-7-5-4-6-8-14/h9-10,14H,4-8H2,1-3H3.